The predicted molar refractivity (Wildman–Crippen MR) is 90.2 cm³/mol. The van der Waals surface area contributed by atoms with Crippen LogP contribution in [-0.2, 0) is 6.42 Å². The number of hydrogen-bond donors (Lipinski definition) is 2. The summed E-state index contributed by atoms with van der Waals surface area (Å²) in [6, 6.07) is 8.37. The number of hydrogen-bond acceptors (Lipinski definition) is 4. The zero-order valence-electron chi connectivity index (χ0n) is 12.3. The van der Waals surface area contributed by atoms with Crippen molar-refractivity contribution in [2.24, 2.45) is 0 Å². The molecule has 0 saturated heterocycles. The van der Waals surface area contributed by atoms with Gasteiger partial charge in [-0.3, -0.25) is 0 Å². The average Bonchev–Trinajstić information content (AvgIpc) is 3.11. The van der Waals surface area contributed by atoms with Crippen LogP contribution in [0.15, 0.2) is 35.0 Å². The molecule has 0 aromatic carbocycles. The van der Waals surface area contributed by atoms with Crippen molar-refractivity contribution >= 4 is 28.7 Å². The molecule has 0 aliphatic carbocycles. The van der Waals surface area contributed by atoms with Crippen LogP contribution < -0.4 is 10.6 Å². The van der Waals surface area contributed by atoms with E-state index in [9.17, 15) is 4.79 Å². The molecule has 2 heterocycles. The number of likely N-dealkylation sites (N-methyl/N-ethyl adjacent to an activating group) is 1. The molecule has 0 aliphatic rings. The molecule has 0 unspecified atom stereocenters. The van der Waals surface area contributed by atoms with Gasteiger partial charge in [-0.25, -0.2) is 4.79 Å². The van der Waals surface area contributed by atoms with Crippen LogP contribution in [0.5, 0.6) is 0 Å². The lowest BCUT2D eigenvalue weighted by Gasteiger charge is -2.23. The lowest BCUT2D eigenvalue weighted by molar-refractivity contribution is 0.233. The highest BCUT2D eigenvalue weighted by molar-refractivity contribution is 7.10. The summed E-state index contributed by atoms with van der Waals surface area (Å²) >= 11 is 3.43. The van der Waals surface area contributed by atoms with Crippen molar-refractivity contribution in [1.29, 1.82) is 0 Å². The Hall–Kier alpha value is -1.37. The van der Waals surface area contributed by atoms with Crippen molar-refractivity contribution in [1.82, 2.24) is 15.5 Å². The maximum Gasteiger partial charge on any atom is 0.314 e. The summed E-state index contributed by atoms with van der Waals surface area (Å²) in [5.74, 6) is 0. The molecule has 21 heavy (non-hydrogen) atoms. The first-order valence-corrected chi connectivity index (χ1v) is 8.66. The Morgan fingerprint density at radius 2 is 1.95 bits per heavy atom. The zero-order chi connectivity index (χ0) is 15.1. The van der Waals surface area contributed by atoms with E-state index in [0.29, 0.717) is 13.1 Å². The minimum atomic E-state index is -0.102. The van der Waals surface area contributed by atoms with Crippen LogP contribution in [0.1, 0.15) is 15.8 Å². The first-order chi connectivity index (χ1) is 10.2. The minimum Gasteiger partial charge on any atom is -0.338 e. The van der Waals surface area contributed by atoms with E-state index >= 15 is 0 Å². The fraction of sp³-hybridized carbons (Fsp3) is 0.400. The quantitative estimate of drug-likeness (QED) is 0.823. The van der Waals surface area contributed by atoms with Gasteiger partial charge in [-0.1, -0.05) is 12.1 Å². The van der Waals surface area contributed by atoms with Crippen LogP contribution >= 0.6 is 22.7 Å². The van der Waals surface area contributed by atoms with E-state index in [0.717, 1.165) is 6.42 Å². The SMILES string of the molecule is CN(C)[C@@H](CNC(=O)NCCc1cccs1)c1cccs1. The maximum atomic E-state index is 11.8. The number of urea groups is 1. The Kier molecular flexibility index (Phi) is 6.22. The predicted octanol–water partition coefficient (Wildman–Crippen LogP) is 2.95. The fourth-order valence-corrected chi connectivity index (χ4v) is 3.66. The molecule has 0 radical (unpaired) electrons. The highest BCUT2D eigenvalue weighted by atomic mass is 32.1. The molecule has 0 saturated carbocycles. The molecular formula is C15H21N3OS2. The second kappa shape index (κ2) is 8.17. The summed E-state index contributed by atoms with van der Waals surface area (Å²) in [5, 5.41) is 9.97. The first-order valence-electron chi connectivity index (χ1n) is 6.90. The lowest BCUT2D eigenvalue weighted by atomic mass is 10.2. The number of carbonyl (C=O) groups excluding carboxylic acids is 1. The molecule has 0 fully saturated rings. The second-order valence-corrected chi connectivity index (χ2v) is 6.97. The summed E-state index contributed by atoms with van der Waals surface area (Å²) in [7, 11) is 4.06. The Morgan fingerprint density at radius 1 is 1.19 bits per heavy atom. The number of carbonyl (C=O) groups is 1. The summed E-state index contributed by atoms with van der Waals surface area (Å²) in [4.78, 5) is 16.5. The van der Waals surface area contributed by atoms with E-state index in [-0.39, 0.29) is 12.1 Å². The minimum absolute atomic E-state index is 0.102. The average molecular weight is 323 g/mol. The molecule has 2 aromatic heterocycles. The van der Waals surface area contributed by atoms with Gasteiger partial charge in [0.05, 0.1) is 6.04 Å². The highest BCUT2D eigenvalue weighted by Crippen LogP contribution is 2.22. The monoisotopic (exact) mass is 323 g/mol. The normalized spacial score (nSPS) is 12.3. The Bertz CT molecular complexity index is 523. The standard InChI is InChI=1S/C15H21N3OS2/c1-18(2)13(14-6-4-10-21-14)11-17-15(19)16-8-7-12-5-3-9-20-12/h3-6,9-10,13H,7-8,11H2,1-2H3,(H2,16,17,19)/t13-/m0/s1. The molecule has 2 amide bonds. The van der Waals surface area contributed by atoms with Crippen molar-refractivity contribution < 1.29 is 4.79 Å². The van der Waals surface area contributed by atoms with Crippen molar-refractivity contribution in [2.75, 3.05) is 27.2 Å². The molecule has 0 spiro atoms. The van der Waals surface area contributed by atoms with Gasteiger partial charge in [0, 0.05) is 22.8 Å². The van der Waals surface area contributed by atoms with Crippen molar-refractivity contribution in [2.45, 2.75) is 12.5 Å². The number of rotatable bonds is 7. The van der Waals surface area contributed by atoms with Gasteiger partial charge < -0.3 is 15.5 Å². The third-order valence-electron chi connectivity index (χ3n) is 3.19. The molecule has 114 valence electrons. The van der Waals surface area contributed by atoms with E-state index in [1.807, 2.05) is 26.2 Å². The van der Waals surface area contributed by atoms with Gasteiger partial charge in [-0.2, -0.15) is 0 Å². The molecule has 0 aliphatic heterocycles. The van der Waals surface area contributed by atoms with E-state index in [2.05, 4.69) is 38.4 Å². The molecule has 2 rings (SSSR count). The maximum absolute atomic E-state index is 11.8. The Morgan fingerprint density at radius 3 is 2.57 bits per heavy atom. The van der Waals surface area contributed by atoms with E-state index in [4.69, 9.17) is 0 Å². The van der Waals surface area contributed by atoms with Crippen LogP contribution in [0.2, 0.25) is 0 Å². The smallest absolute Gasteiger partial charge is 0.314 e. The van der Waals surface area contributed by atoms with Crippen molar-refractivity contribution in [3.63, 3.8) is 0 Å². The number of thiophene rings is 2. The zero-order valence-corrected chi connectivity index (χ0v) is 14.0. The van der Waals surface area contributed by atoms with Gasteiger partial charge in [0.15, 0.2) is 0 Å². The highest BCUT2D eigenvalue weighted by Gasteiger charge is 2.15. The number of nitrogens with zero attached hydrogens (tertiary/aromatic N) is 1. The Labute approximate surface area is 133 Å². The molecular weight excluding hydrogens is 302 g/mol. The molecule has 2 aromatic rings. The van der Waals surface area contributed by atoms with Gasteiger partial charge in [-0.15, -0.1) is 22.7 Å². The molecule has 2 N–H and O–H groups in total. The number of amides is 2. The second-order valence-electron chi connectivity index (χ2n) is 4.96. The van der Waals surface area contributed by atoms with Crippen LogP contribution in [0.4, 0.5) is 4.79 Å². The summed E-state index contributed by atoms with van der Waals surface area (Å²) < 4.78 is 0. The third-order valence-corrected chi connectivity index (χ3v) is 5.10. The largest absolute Gasteiger partial charge is 0.338 e. The molecule has 1 atom stereocenters. The summed E-state index contributed by atoms with van der Waals surface area (Å²) in [5.41, 5.74) is 0. The lowest BCUT2D eigenvalue weighted by Crippen LogP contribution is -2.40. The third kappa shape index (κ3) is 5.15. The van der Waals surface area contributed by atoms with Crippen LogP contribution in [-0.4, -0.2) is 38.1 Å². The van der Waals surface area contributed by atoms with Gasteiger partial charge in [-0.05, 0) is 43.4 Å². The fourth-order valence-electron chi connectivity index (χ4n) is 2.02. The number of nitrogens with one attached hydrogen (secondary N) is 2. The van der Waals surface area contributed by atoms with Gasteiger partial charge in [0.25, 0.3) is 0 Å². The molecule has 0 bridgehead atoms. The van der Waals surface area contributed by atoms with Crippen molar-refractivity contribution in [3.05, 3.63) is 44.8 Å². The topological polar surface area (TPSA) is 44.4 Å². The van der Waals surface area contributed by atoms with Crippen molar-refractivity contribution in [3.8, 4) is 0 Å². The summed E-state index contributed by atoms with van der Waals surface area (Å²) in [6.45, 7) is 1.27. The molecule has 4 nitrogen and oxygen atoms in total. The van der Waals surface area contributed by atoms with Gasteiger partial charge in [0.2, 0.25) is 0 Å². The van der Waals surface area contributed by atoms with E-state index < -0.39 is 0 Å². The first kappa shape index (κ1) is 16.0. The van der Waals surface area contributed by atoms with Crippen LogP contribution in [0.3, 0.4) is 0 Å². The van der Waals surface area contributed by atoms with Gasteiger partial charge >= 0.3 is 6.03 Å². The van der Waals surface area contributed by atoms with E-state index in [1.54, 1.807) is 22.7 Å². The van der Waals surface area contributed by atoms with Crippen LogP contribution in [0.25, 0.3) is 0 Å². The van der Waals surface area contributed by atoms with Gasteiger partial charge in [0.1, 0.15) is 0 Å². The van der Waals surface area contributed by atoms with Crippen LogP contribution in [0, 0.1) is 0 Å². The van der Waals surface area contributed by atoms with E-state index in [1.165, 1.54) is 9.75 Å². The Balaban J connectivity index is 1.72. The summed E-state index contributed by atoms with van der Waals surface area (Å²) in [6.07, 6.45) is 0.882. The molecule has 6 heteroatoms.